The van der Waals surface area contributed by atoms with Crippen LogP contribution in [-0.2, 0) is 14.9 Å². The van der Waals surface area contributed by atoms with Crippen LogP contribution >= 0.6 is 0 Å². The first-order valence-electron chi connectivity index (χ1n) is 5.08. The number of rotatable bonds is 4. The highest BCUT2D eigenvalue weighted by molar-refractivity contribution is 5.74. The van der Waals surface area contributed by atoms with E-state index in [2.05, 4.69) is 4.98 Å². The maximum absolute atomic E-state index is 11.1. The van der Waals surface area contributed by atoms with Crippen molar-refractivity contribution in [1.82, 2.24) is 4.98 Å². The number of nitrogens with zero attached hydrogens (tertiary/aromatic N) is 1. The molecule has 0 fully saturated rings. The number of carbonyl (C=O) groups is 1. The molecular weight excluding hydrogens is 206 g/mol. The normalized spacial score (nSPS) is 13.5. The first-order valence-corrected chi connectivity index (χ1v) is 5.08. The lowest BCUT2D eigenvalue weighted by atomic mass is 9.80. The number of ether oxygens (including phenoxy) is 1. The molecule has 0 spiro atoms. The lowest BCUT2D eigenvalue weighted by Gasteiger charge is -2.30. The van der Waals surface area contributed by atoms with Crippen LogP contribution in [0.2, 0.25) is 0 Å². The molecule has 0 aliphatic heterocycles. The van der Waals surface area contributed by atoms with Crippen molar-refractivity contribution in [3.05, 3.63) is 29.6 Å². The number of carboxylic acid groups (broad SMARTS) is 1. The third-order valence-electron chi connectivity index (χ3n) is 2.77. The van der Waals surface area contributed by atoms with Crippen molar-refractivity contribution < 1.29 is 14.6 Å². The molecule has 0 saturated carbocycles. The molecule has 1 heterocycles. The smallest absolute Gasteiger partial charge is 0.333 e. The van der Waals surface area contributed by atoms with Gasteiger partial charge in [-0.2, -0.15) is 0 Å². The van der Waals surface area contributed by atoms with Crippen LogP contribution in [0, 0.1) is 6.92 Å². The Balaban J connectivity index is 3.08. The highest BCUT2D eigenvalue weighted by Crippen LogP contribution is 2.28. The van der Waals surface area contributed by atoms with Crippen molar-refractivity contribution >= 4 is 5.97 Å². The monoisotopic (exact) mass is 223 g/mol. The average molecular weight is 223 g/mol. The summed E-state index contributed by atoms with van der Waals surface area (Å²) in [6, 6.07) is 3.75. The van der Waals surface area contributed by atoms with Crippen molar-refractivity contribution in [2.24, 2.45) is 0 Å². The van der Waals surface area contributed by atoms with Gasteiger partial charge in [0.15, 0.2) is 6.10 Å². The van der Waals surface area contributed by atoms with Crippen molar-refractivity contribution in [1.29, 1.82) is 0 Å². The van der Waals surface area contributed by atoms with E-state index in [1.165, 1.54) is 7.11 Å². The van der Waals surface area contributed by atoms with E-state index >= 15 is 0 Å². The first kappa shape index (κ1) is 12.6. The lowest BCUT2D eigenvalue weighted by Crippen LogP contribution is -2.41. The molecule has 1 unspecified atom stereocenters. The molecule has 0 aromatic carbocycles. The number of hydrogen-bond acceptors (Lipinski definition) is 3. The van der Waals surface area contributed by atoms with E-state index in [-0.39, 0.29) is 0 Å². The van der Waals surface area contributed by atoms with Crippen LogP contribution in [0.5, 0.6) is 0 Å². The first-order chi connectivity index (χ1) is 7.39. The maximum atomic E-state index is 11.1. The molecule has 1 atom stereocenters. The fourth-order valence-corrected chi connectivity index (χ4v) is 1.70. The Hall–Kier alpha value is -1.42. The second kappa shape index (κ2) is 4.61. The molecule has 4 heteroatoms. The molecule has 0 bridgehead atoms. The molecule has 0 radical (unpaired) electrons. The van der Waals surface area contributed by atoms with E-state index in [0.29, 0.717) is 0 Å². The zero-order chi connectivity index (χ0) is 12.3. The molecule has 0 aliphatic rings. The van der Waals surface area contributed by atoms with Crippen molar-refractivity contribution in [3.8, 4) is 0 Å². The Kier molecular flexibility index (Phi) is 3.65. The van der Waals surface area contributed by atoms with Crippen molar-refractivity contribution in [2.45, 2.75) is 32.3 Å². The minimum absolute atomic E-state index is 0.610. The topological polar surface area (TPSA) is 59.4 Å². The zero-order valence-electron chi connectivity index (χ0n) is 10.0. The third-order valence-corrected chi connectivity index (χ3v) is 2.77. The number of aromatic nitrogens is 1. The number of carboxylic acids is 1. The molecule has 0 aliphatic carbocycles. The fraction of sp³-hybridized carbons (Fsp3) is 0.500. The molecular formula is C12H17NO3. The van der Waals surface area contributed by atoms with Crippen LogP contribution in [0.1, 0.15) is 25.1 Å². The number of pyridine rings is 1. The van der Waals surface area contributed by atoms with Gasteiger partial charge in [0.2, 0.25) is 0 Å². The lowest BCUT2D eigenvalue weighted by molar-refractivity contribution is -0.152. The zero-order valence-corrected chi connectivity index (χ0v) is 10.0. The van der Waals surface area contributed by atoms with Gasteiger partial charge >= 0.3 is 5.97 Å². The van der Waals surface area contributed by atoms with Gasteiger partial charge in [0.1, 0.15) is 0 Å². The summed E-state index contributed by atoms with van der Waals surface area (Å²) in [7, 11) is 1.40. The largest absolute Gasteiger partial charge is 0.479 e. The van der Waals surface area contributed by atoms with Gasteiger partial charge in [-0.25, -0.2) is 4.79 Å². The summed E-state index contributed by atoms with van der Waals surface area (Å²) in [5, 5.41) is 9.08. The van der Waals surface area contributed by atoms with Crippen LogP contribution in [0.25, 0.3) is 0 Å². The fourth-order valence-electron chi connectivity index (χ4n) is 1.70. The number of methoxy groups -OCH3 is 1. The SMILES string of the molecule is COC(C(=O)O)C(C)(C)c1ccc(C)nc1. The quantitative estimate of drug-likeness (QED) is 0.845. The van der Waals surface area contributed by atoms with Crippen molar-refractivity contribution in [3.63, 3.8) is 0 Å². The number of aliphatic carboxylic acids is 1. The van der Waals surface area contributed by atoms with Gasteiger partial charge in [0, 0.05) is 24.4 Å². The molecule has 88 valence electrons. The molecule has 16 heavy (non-hydrogen) atoms. The van der Waals surface area contributed by atoms with Gasteiger partial charge in [-0.1, -0.05) is 19.9 Å². The average Bonchev–Trinajstić information content (AvgIpc) is 2.18. The van der Waals surface area contributed by atoms with Crippen LogP contribution in [0.15, 0.2) is 18.3 Å². The molecule has 1 aromatic rings. The van der Waals surface area contributed by atoms with Gasteiger partial charge < -0.3 is 9.84 Å². The Morgan fingerprint density at radius 1 is 1.50 bits per heavy atom. The summed E-state index contributed by atoms with van der Waals surface area (Å²) in [6.07, 6.45) is 0.821. The number of aryl methyl sites for hydroxylation is 1. The summed E-state index contributed by atoms with van der Waals surface area (Å²) < 4.78 is 5.03. The van der Waals surface area contributed by atoms with E-state index in [1.807, 2.05) is 32.9 Å². The summed E-state index contributed by atoms with van der Waals surface area (Å²) >= 11 is 0. The van der Waals surface area contributed by atoms with E-state index in [1.54, 1.807) is 6.20 Å². The van der Waals surface area contributed by atoms with Crippen LogP contribution in [-0.4, -0.2) is 29.3 Å². The Bertz CT molecular complexity index is 370. The minimum Gasteiger partial charge on any atom is -0.479 e. The summed E-state index contributed by atoms with van der Waals surface area (Å²) in [5.41, 5.74) is 1.15. The maximum Gasteiger partial charge on any atom is 0.333 e. The third kappa shape index (κ3) is 2.39. The highest BCUT2D eigenvalue weighted by Gasteiger charge is 2.37. The summed E-state index contributed by atoms with van der Waals surface area (Å²) in [6.45, 7) is 5.56. The Morgan fingerprint density at radius 2 is 2.12 bits per heavy atom. The number of hydrogen-bond donors (Lipinski definition) is 1. The Labute approximate surface area is 95.3 Å². The highest BCUT2D eigenvalue weighted by atomic mass is 16.5. The second-order valence-electron chi connectivity index (χ2n) is 4.36. The minimum atomic E-state index is -0.965. The molecule has 0 amide bonds. The van der Waals surface area contributed by atoms with Gasteiger partial charge in [0.05, 0.1) is 0 Å². The molecule has 1 rings (SSSR count). The molecule has 1 aromatic heterocycles. The van der Waals surface area contributed by atoms with E-state index < -0.39 is 17.5 Å². The van der Waals surface area contributed by atoms with Crippen LogP contribution < -0.4 is 0 Å². The summed E-state index contributed by atoms with van der Waals surface area (Å²) in [5.74, 6) is -0.965. The van der Waals surface area contributed by atoms with Gasteiger partial charge in [-0.3, -0.25) is 4.98 Å². The molecule has 1 N–H and O–H groups in total. The van der Waals surface area contributed by atoms with Gasteiger partial charge in [-0.15, -0.1) is 0 Å². The van der Waals surface area contributed by atoms with Crippen LogP contribution in [0.4, 0.5) is 0 Å². The van der Waals surface area contributed by atoms with Crippen molar-refractivity contribution in [2.75, 3.05) is 7.11 Å². The van der Waals surface area contributed by atoms with E-state index in [0.717, 1.165) is 11.3 Å². The molecule has 0 saturated heterocycles. The van der Waals surface area contributed by atoms with Gasteiger partial charge in [-0.05, 0) is 18.6 Å². The summed E-state index contributed by atoms with van der Waals surface area (Å²) in [4.78, 5) is 15.2. The predicted octanol–water partition coefficient (Wildman–Crippen LogP) is 1.77. The van der Waals surface area contributed by atoms with E-state index in [4.69, 9.17) is 9.84 Å². The molecule has 4 nitrogen and oxygen atoms in total. The Morgan fingerprint density at radius 3 is 2.50 bits per heavy atom. The van der Waals surface area contributed by atoms with E-state index in [9.17, 15) is 4.79 Å². The van der Waals surface area contributed by atoms with Gasteiger partial charge in [0.25, 0.3) is 0 Å². The standard InChI is InChI=1S/C12H17NO3/c1-8-5-6-9(7-13-8)12(2,3)10(16-4)11(14)15/h5-7,10H,1-4H3,(H,14,15). The van der Waals surface area contributed by atoms with Crippen LogP contribution in [0.3, 0.4) is 0 Å². The predicted molar refractivity (Wildman–Crippen MR) is 60.4 cm³/mol. The second-order valence-corrected chi connectivity index (χ2v) is 4.36.